The van der Waals surface area contributed by atoms with Crippen molar-refractivity contribution in [3.05, 3.63) is 28.3 Å². The number of halogens is 3. The second-order valence-corrected chi connectivity index (χ2v) is 4.02. The average molecular weight is 293 g/mol. The first kappa shape index (κ1) is 16.1. The zero-order chi connectivity index (χ0) is 15.2. The maximum Gasteiger partial charge on any atom is 0.573 e. The molecule has 0 unspecified atom stereocenters. The molecule has 0 amide bonds. The number of ether oxygens (including phenoxy) is 2. The van der Waals surface area contributed by atoms with Crippen molar-refractivity contribution in [3.63, 3.8) is 0 Å². The van der Waals surface area contributed by atoms with Crippen LogP contribution in [-0.4, -0.2) is 17.9 Å². The predicted molar refractivity (Wildman–Crippen MR) is 64.8 cm³/mol. The van der Waals surface area contributed by atoms with Crippen molar-refractivity contribution in [2.24, 2.45) is 0 Å². The first-order chi connectivity index (χ1) is 9.31. The molecule has 0 radical (unpaired) electrons. The van der Waals surface area contributed by atoms with Crippen LogP contribution in [0.2, 0.25) is 0 Å². The minimum Gasteiger partial charge on any atom is -0.493 e. The van der Waals surface area contributed by atoms with Crippen LogP contribution in [0.5, 0.6) is 11.5 Å². The molecule has 1 aromatic rings. The lowest BCUT2D eigenvalue weighted by molar-refractivity contribution is -0.385. The molecule has 0 fully saturated rings. The van der Waals surface area contributed by atoms with Gasteiger partial charge < -0.3 is 9.47 Å². The smallest absolute Gasteiger partial charge is 0.493 e. The van der Waals surface area contributed by atoms with Gasteiger partial charge in [-0.3, -0.25) is 10.1 Å². The minimum atomic E-state index is -4.91. The first-order valence-corrected chi connectivity index (χ1v) is 6.00. The topological polar surface area (TPSA) is 61.6 Å². The molecule has 8 heteroatoms. The van der Waals surface area contributed by atoms with Gasteiger partial charge in [-0.05, 0) is 6.42 Å². The highest BCUT2D eigenvalue weighted by atomic mass is 19.4. The molecule has 0 aliphatic carbocycles. The van der Waals surface area contributed by atoms with E-state index in [1.165, 1.54) is 0 Å². The Kier molecular flexibility index (Phi) is 5.60. The van der Waals surface area contributed by atoms with Crippen LogP contribution in [0.4, 0.5) is 18.9 Å². The molecule has 0 atom stereocenters. The normalized spacial score (nSPS) is 11.2. The number of benzene rings is 1. The van der Waals surface area contributed by atoms with Crippen LogP contribution in [0, 0.1) is 10.1 Å². The van der Waals surface area contributed by atoms with Crippen LogP contribution in [0.1, 0.15) is 26.2 Å². The number of nitrogens with zero attached hydrogens (tertiary/aromatic N) is 1. The molecule has 0 heterocycles. The molecule has 0 bridgehead atoms. The highest BCUT2D eigenvalue weighted by Crippen LogP contribution is 2.31. The van der Waals surface area contributed by atoms with Crippen LogP contribution < -0.4 is 9.47 Å². The van der Waals surface area contributed by atoms with Crippen molar-refractivity contribution in [2.45, 2.75) is 32.5 Å². The summed E-state index contributed by atoms with van der Waals surface area (Å²) in [5.74, 6) is -0.688. The lowest BCUT2D eigenvalue weighted by Crippen LogP contribution is -2.17. The Morgan fingerprint density at radius 3 is 2.40 bits per heavy atom. The predicted octanol–water partition coefficient (Wildman–Crippen LogP) is 4.06. The van der Waals surface area contributed by atoms with Gasteiger partial charge in [0.1, 0.15) is 11.5 Å². The summed E-state index contributed by atoms with van der Waals surface area (Å²) in [5, 5.41) is 10.7. The van der Waals surface area contributed by atoms with E-state index in [4.69, 9.17) is 4.74 Å². The van der Waals surface area contributed by atoms with Gasteiger partial charge in [0.05, 0.1) is 23.7 Å². The monoisotopic (exact) mass is 293 g/mol. The molecular weight excluding hydrogens is 279 g/mol. The number of nitro groups is 1. The summed E-state index contributed by atoms with van der Waals surface area (Å²) < 4.78 is 45.3. The molecule has 0 spiro atoms. The van der Waals surface area contributed by atoms with Crippen LogP contribution in [0.25, 0.3) is 0 Å². The van der Waals surface area contributed by atoms with Gasteiger partial charge >= 0.3 is 6.36 Å². The molecular formula is C12H14F3NO4. The van der Waals surface area contributed by atoms with Crippen LogP contribution in [0.3, 0.4) is 0 Å². The summed E-state index contributed by atoms with van der Waals surface area (Å²) >= 11 is 0. The standard InChI is InChI=1S/C12H14F3NO4/c1-2-3-4-5-19-10-6-9(16(17)18)7-11(8-10)20-12(13,14)15/h6-8H,2-5H2,1H3. The maximum atomic E-state index is 12.1. The van der Waals surface area contributed by atoms with Gasteiger partial charge in [0, 0.05) is 6.07 Å². The van der Waals surface area contributed by atoms with Crippen molar-refractivity contribution in [1.82, 2.24) is 0 Å². The third-order valence-electron chi connectivity index (χ3n) is 2.33. The third-order valence-corrected chi connectivity index (χ3v) is 2.33. The summed E-state index contributed by atoms with van der Waals surface area (Å²) in [4.78, 5) is 9.86. The van der Waals surface area contributed by atoms with Crippen molar-refractivity contribution in [3.8, 4) is 11.5 Å². The Hall–Kier alpha value is -1.99. The Balaban J connectivity index is 2.84. The minimum absolute atomic E-state index is 0.0189. The summed E-state index contributed by atoms with van der Waals surface area (Å²) in [6, 6.07) is 2.74. The third kappa shape index (κ3) is 5.77. The summed E-state index contributed by atoms with van der Waals surface area (Å²) in [5.41, 5.74) is -0.516. The lowest BCUT2D eigenvalue weighted by Gasteiger charge is -2.11. The molecule has 1 aromatic carbocycles. The SMILES string of the molecule is CCCCCOc1cc(OC(F)(F)F)cc([N+](=O)[O-])c1. The van der Waals surface area contributed by atoms with E-state index in [1.54, 1.807) is 0 Å². The van der Waals surface area contributed by atoms with Crippen LogP contribution >= 0.6 is 0 Å². The van der Waals surface area contributed by atoms with Crippen molar-refractivity contribution in [2.75, 3.05) is 6.61 Å². The van der Waals surface area contributed by atoms with Gasteiger partial charge in [0.25, 0.3) is 5.69 Å². The number of hydrogen-bond acceptors (Lipinski definition) is 4. The van der Waals surface area contributed by atoms with Crippen LogP contribution in [-0.2, 0) is 0 Å². The van der Waals surface area contributed by atoms with E-state index in [0.717, 1.165) is 25.0 Å². The Bertz CT molecular complexity index is 463. The van der Waals surface area contributed by atoms with Crippen molar-refractivity contribution in [1.29, 1.82) is 0 Å². The molecule has 20 heavy (non-hydrogen) atoms. The van der Waals surface area contributed by atoms with Gasteiger partial charge in [-0.1, -0.05) is 19.8 Å². The highest BCUT2D eigenvalue weighted by molar-refractivity contribution is 5.46. The fourth-order valence-corrected chi connectivity index (χ4v) is 1.48. The number of alkyl halides is 3. The molecule has 0 aromatic heterocycles. The van der Waals surface area contributed by atoms with E-state index in [9.17, 15) is 23.3 Å². The van der Waals surface area contributed by atoms with Gasteiger partial charge in [-0.2, -0.15) is 0 Å². The highest BCUT2D eigenvalue weighted by Gasteiger charge is 2.32. The van der Waals surface area contributed by atoms with E-state index < -0.39 is 22.7 Å². The van der Waals surface area contributed by atoms with Gasteiger partial charge in [0.2, 0.25) is 0 Å². The zero-order valence-corrected chi connectivity index (χ0v) is 10.8. The largest absolute Gasteiger partial charge is 0.573 e. The summed E-state index contributed by atoms with van der Waals surface area (Å²) in [6.45, 7) is 2.27. The Morgan fingerprint density at radius 2 is 1.85 bits per heavy atom. The molecule has 0 N–H and O–H groups in total. The Morgan fingerprint density at radius 1 is 1.20 bits per heavy atom. The van der Waals surface area contributed by atoms with Gasteiger partial charge in [0.15, 0.2) is 0 Å². The van der Waals surface area contributed by atoms with E-state index in [-0.39, 0.29) is 12.4 Å². The van der Waals surface area contributed by atoms with Crippen molar-refractivity contribution < 1.29 is 27.6 Å². The second-order valence-electron chi connectivity index (χ2n) is 4.02. The van der Waals surface area contributed by atoms with E-state index in [0.29, 0.717) is 12.5 Å². The fourth-order valence-electron chi connectivity index (χ4n) is 1.48. The summed E-state index contributed by atoms with van der Waals surface area (Å²) in [6.07, 6.45) is -2.33. The first-order valence-electron chi connectivity index (χ1n) is 6.00. The van der Waals surface area contributed by atoms with Crippen LogP contribution in [0.15, 0.2) is 18.2 Å². The van der Waals surface area contributed by atoms with E-state index >= 15 is 0 Å². The van der Waals surface area contributed by atoms with E-state index in [2.05, 4.69) is 4.74 Å². The molecule has 1 rings (SSSR count). The molecule has 0 saturated carbocycles. The number of nitro benzene ring substituents is 1. The molecule has 0 aliphatic rings. The lowest BCUT2D eigenvalue weighted by atomic mass is 10.2. The Labute approximate surface area is 113 Å². The maximum absolute atomic E-state index is 12.1. The fraction of sp³-hybridized carbons (Fsp3) is 0.500. The second kappa shape index (κ2) is 6.97. The van der Waals surface area contributed by atoms with E-state index in [1.807, 2.05) is 6.92 Å². The number of unbranched alkanes of at least 4 members (excludes halogenated alkanes) is 2. The van der Waals surface area contributed by atoms with Gasteiger partial charge in [-0.25, -0.2) is 0 Å². The quantitative estimate of drug-likeness (QED) is 0.432. The molecule has 0 aliphatic heterocycles. The van der Waals surface area contributed by atoms with Crippen molar-refractivity contribution >= 4 is 5.69 Å². The number of rotatable bonds is 7. The number of non-ortho nitro benzene ring substituents is 1. The van der Waals surface area contributed by atoms with Gasteiger partial charge in [-0.15, -0.1) is 13.2 Å². The molecule has 0 saturated heterocycles. The summed E-state index contributed by atoms with van der Waals surface area (Å²) in [7, 11) is 0. The molecule has 112 valence electrons. The zero-order valence-electron chi connectivity index (χ0n) is 10.8. The average Bonchev–Trinajstić information content (AvgIpc) is 2.32. The number of hydrogen-bond donors (Lipinski definition) is 0. The molecule has 5 nitrogen and oxygen atoms in total.